The second kappa shape index (κ2) is 11.7. The first-order chi connectivity index (χ1) is 14.9. The number of hydrogen-bond donors (Lipinski definition) is 1. The summed E-state index contributed by atoms with van der Waals surface area (Å²) in [5.41, 5.74) is 5.29. The number of nitrogens with one attached hydrogen (secondary N) is 1. The molecular formula is C23H18Br2Cl2N2O2. The molecule has 0 heterocycles. The predicted octanol–water partition coefficient (Wildman–Crippen LogP) is 7.18. The summed E-state index contributed by atoms with van der Waals surface area (Å²) in [6.45, 7) is 0.290. The molecule has 4 nitrogen and oxygen atoms in total. The molecule has 0 aliphatic carbocycles. The van der Waals surface area contributed by atoms with Gasteiger partial charge in [-0.1, -0.05) is 59.6 Å². The Hall–Kier alpha value is -1.86. The summed E-state index contributed by atoms with van der Waals surface area (Å²) in [6, 6.07) is 18.8. The summed E-state index contributed by atoms with van der Waals surface area (Å²) in [5, 5.41) is 5.17. The molecule has 0 radical (unpaired) electrons. The fourth-order valence-corrected chi connectivity index (χ4v) is 4.63. The highest BCUT2D eigenvalue weighted by atomic mass is 79.9. The minimum atomic E-state index is -0.141. The molecular weight excluding hydrogens is 567 g/mol. The van der Waals surface area contributed by atoms with E-state index in [4.69, 9.17) is 27.9 Å². The van der Waals surface area contributed by atoms with Gasteiger partial charge in [0.1, 0.15) is 12.4 Å². The summed E-state index contributed by atoms with van der Waals surface area (Å²) in [7, 11) is 0. The molecule has 0 aliphatic heterocycles. The van der Waals surface area contributed by atoms with Crippen molar-refractivity contribution in [2.24, 2.45) is 5.10 Å². The van der Waals surface area contributed by atoms with Crippen LogP contribution < -0.4 is 10.2 Å². The Morgan fingerprint density at radius 3 is 2.42 bits per heavy atom. The molecule has 0 spiro atoms. The van der Waals surface area contributed by atoms with Gasteiger partial charge in [-0.2, -0.15) is 5.10 Å². The maximum atomic E-state index is 12.0. The molecule has 160 valence electrons. The SMILES string of the molecule is O=C(CCc1ccccc1)NN=Cc1cc(Br)c(OCc2ccc(Cl)cc2Cl)c(Br)c1. The molecule has 1 N–H and O–H groups in total. The van der Waals surface area contributed by atoms with Gasteiger partial charge in [0.2, 0.25) is 5.91 Å². The quantitative estimate of drug-likeness (QED) is 0.225. The lowest BCUT2D eigenvalue weighted by Gasteiger charge is -2.12. The van der Waals surface area contributed by atoms with Crippen LogP contribution in [-0.2, 0) is 17.8 Å². The number of amides is 1. The molecule has 3 aromatic rings. The smallest absolute Gasteiger partial charge is 0.240 e. The van der Waals surface area contributed by atoms with E-state index in [1.54, 1.807) is 18.3 Å². The number of hydrazone groups is 1. The fraction of sp³-hybridized carbons (Fsp3) is 0.130. The van der Waals surface area contributed by atoms with Crippen LogP contribution in [0.5, 0.6) is 5.75 Å². The van der Waals surface area contributed by atoms with Crippen LogP contribution in [0, 0.1) is 0 Å². The Balaban J connectivity index is 1.56. The first-order valence-electron chi connectivity index (χ1n) is 9.34. The molecule has 0 saturated heterocycles. The van der Waals surface area contributed by atoms with Gasteiger partial charge in [-0.3, -0.25) is 4.79 Å². The zero-order valence-corrected chi connectivity index (χ0v) is 20.9. The van der Waals surface area contributed by atoms with Crippen molar-refractivity contribution in [1.29, 1.82) is 0 Å². The lowest BCUT2D eigenvalue weighted by molar-refractivity contribution is -0.121. The number of aryl methyl sites for hydroxylation is 1. The van der Waals surface area contributed by atoms with Crippen molar-refractivity contribution in [1.82, 2.24) is 5.43 Å². The highest BCUT2D eigenvalue weighted by Crippen LogP contribution is 2.35. The van der Waals surface area contributed by atoms with Gasteiger partial charge in [0.05, 0.1) is 15.2 Å². The third kappa shape index (κ3) is 7.35. The molecule has 0 bridgehead atoms. The lowest BCUT2D eigenvalue weighted by atomic mass is 10.1. The normalized spacial score (nSPS) is 11.0. The van der Waals surface area contributed by atoms with E-state index in [1.807, 2.05) is 48.5 Å². The van der Waals surface area contributed by atoms with Crippen LogP contribution in [0.25, 0.3) is 0 Å². The highest BCUT2D eigenvalue weighted by Gasteiger charge is 2.10. The molecule has 0 atom stereocenters. The molecule has 0 unspecified atom stereocenters. The molecule has 0 saturated carbocycles. The van der Waals surface area contributed by atoms with Crippen LogP contribution in [-0.4, -0.2) is 12.1 Å². The van der Waals surface area contributed by atoms with Crippen molar-refractivity contribution in [3.8, 4) is 5.75 Å². The fourth-order valence-electron chi connectivity index (χ4n) is 2.72. The summed E-state index contributed by atoms with van der Waals surface area (Å²) in [4.78, 5) is 12.0. The largest absolute Gasteiger partial charge is 0.486 e. The zero-order chi connectivity index (χ0) is 22.2. The molecule has 31 heavy (non-hydrogen) atoms. The van der Waals surface area contributed by atoms with Crippen LogP contribution in [0.3, 0.4) is 0 Å². The summed E-state index contributed by atoms with van der Waals surface area (Å²) >= 11 is 19.2. The number of benzene rings is 3. The van der Waals surface area contributed by atoms with Crippen LogP contribution in [0.1, 0.15) is 23.1 Å². The minimum absolute atomic E-state index is 0.141. The van der Waals surface area contributed by atoms with Crippen molar-refractivity contribution in [3.63, 3.8) is 0 Å². The number of halogens is 4. The van der Waals surface area contributed by atoms with E-state index in [1.165, 1.54) is 0 Å². The number of carbonyl (C=O) groups is 1. The maximum Gasteiger partial charge on any atom is 0.240 e. The topological polar surface area (TPSA) is 50.7 Å². The van der Waals surface area contributed by atoms with Gasteiger partial charge >= 0.3 is 0 Å². The van der Waals surface area contributed by atoms with E-state index < -0.39 is 0 Å². The van der Waals surface area contributed by atoms with Crippen LogP contribution in [0.15, 0.2) is 74.7 Å². The maximum absolute atomic E-state index is 12.0. The van der Waals surface area contributed by atoms with Gasteiger partial charge in [0, 0.05) is 22.0 Å². The predicted molar refractivity (Wildman–Crippen MR) is 133 cm³/mol. The number of carbonyl (C=O) groups excluding carboxylic acids is 1. The van der Waals surface area contributed by atoms with Gasteiger partial charge in [0.15, 0.2) is 0 Å². The van der Waals surface area contributed by atoms with Gasteiger partial charge in [-0.05, 0) is 73.7 Å². The highest BCUT2D eigenvalue weighted by molar-refractivity contribution is 9.11. The second-order valence-corrected chi connectivity index (χ2v) is 9.17. The Labute approximate surface area is 207 Å². The third-order valence-corrected chi connectivity index (χ3v) is 6.06. The molecule has 0 aromatic heterocycles. The number of rotatable bonds is 8. The van der Waals surface area contributed by atoms with Gasteiger partial charge in [-0.25, -0.2) is 5.43 Å². The van der Waals surface area contributed by atoms with E-state index >= 15 is 0 Å². The van der Waals surface area contributed by atoms with Crippen molar-refractivity contribution in [2.75, 3.05) is 0 Å². The summed E-state index contributed by atoms with van der Waals surface area (Å²) in [6.07, 6.45) is 2.62. The summed E-state index contributed by atoms with van der Waals surface area (Å²) < 4.78 is 7.39. The first-order valence-corrected chi connectivity index (χ1v) is 11.7. The zero-order valence-electron chi connectivity index (χ0n) is 16.2. The Morgan fingerprint density at radius 2 is 1.74 bits per heavy atom. The first kappa shape index (κ1) is 23.8. The van der Waals surface area contributed by atoms with Gasteiger partial charge in [0.25, 0.3) is 0 Å². The van der Waals surface area contributed by atoms with E-state index in [9.17, 15) is 4.79 Å². The van der Waals surface area contributed by atoms with Crippen molar-refractivity contribution in [3.05, 3.63) is 96.3 Å². The Kier molecular flexibility index (Phi) is 8.96. The van der Waals surface area contributed by atoms with Crippen molar-refractivity contribution < 1.29 is 9.53 Å². The molecule has 0 aliphatic rings. The monoisotopic (exact) mass is 582 g/mol. The number of nitrogens with zero attached hydrogens (tertiary/aromatic N) is 1. The van der Waals surface area contributed by atoms with Crippen molar-refractivity contribution in [2.45, 2.75) is 19.4 Å². The molecule has 3 aromatic carbocycles. The molecule has 1 amide bonds. The van der Waals surface area contributed by atoms with E-state index in [2.05, 4.69) is 42.4 Å². The van der Waals surface area contributed by atoms with E-state index in [0.717, 1.165) is 25.6 Å². The molecule has 3 rings (SSSR count). The van der Waals surface area contributed by atoms with Crippen LogP contribution in [0.4, 0.5) is 0 Å². The van der Waals surface area contributed by atoms with Crippen LogP contribution >= 0.6 is 55.1 Å². The molecule has 8 heteroatoms. The number of ether oxygens (including phenoxy) is 1. The third-order valence-electron chi connectivity index (χ3n) is 4.29. The summed E-state index contributed by atoms with van der Waals surface area (Å²) in [5.74, 6) is 0.494. The lowest BCUT2D eigenvalue weighted by Crippen LogP contribution is -2.17. The number of hydrogen-bond acceptors (Lipinski definition) is 3. The Bertz CT molecular complexity index is 1070. The van der Waals surface area contributed by atoms with Gasteiger partial charge < -0.3 is 4.74 Å². The van der Waals surface area contributed by atoms with E-state index in [-0.39, 0.29) is 12.5 Å². The molecule has 0 fully saturated rings. The van der Waals surface area contributed by atoms with Crippen molar-refractivity contribution >= 4 is 67.2 Å². The second-order valence-electron chi connectivity index (χ2n) is 6.62. The van der Waals surface area contributed by atoms with E-state index in [0.29, 0.717) is 28.6 Å². The minimum Gasteiger partial charge on any atom is -0.486 e. The average Bonchev–Trinajstić information content (AvgIpc) is 2.74. The average molecular weight is 585 g/mol. The standard InChI is InChI=1S/C23H18Br2Cl2N2O2/c24-19-10-16(13-28-29-22(30)9-6-15-4-2-1-3-5-15)11-20(25)23(19)31-14-17-7-8-18(26)12-21(17)27/h1-5,7-8,10-13H,6,9,14H2,(H,29,30). The van der Waals surface area contributed by atoms with Gasteiger partial charge in [-0.15, -0.1) is 0 Å². The Morgan fingerprint density at radius 1 is 1.03 bits per heavy atom. The van der Waals surface area contributed by atoms with Crippen LogP contribution in [0.2, 0.25) is 10.0 Å².